The molecule has 0 bridgehead atoms. The first-order valence-corrected chi connectivity index (χ1v) is 8.00. The Hall–Kier alpha value is -2.63. The number of amides is 2. The molecule has 0 radical (unpaired) electrons. The van der Waals surface area contributed by atoms with Crippen molar-refractivity contribution in [2.24, 2.45) is 0 Å². The third kappa shape index (κ3) is 3.04. The van der Waals surface area contributed by atoms with E-state index in [-0.39, 0.29) is 11.8 Å². The number of rotatable bonds is 2. The van der Waals surface area contributed by atoms with Crippen molar-refractivity contribution in [3.63, 3.8) is 0 Å². The van der Waals surface area contributed by atoms with Gasteiger partial charge in [-0.25, -0.2) is 0 Å². The topological polar surface area (TPSA) is 62.7 Å². The summed E-state index contributed by atoms with van der Waals surface area (Å²) in [7, 11) is 1.62. The molecule has 6 nitrogen and oxygen atoms in total. The molecule has 2 aromatic rings. The lowest BCUT2D eigenvalue weighted by molar-refractivity contribution is -0.130. The molecule has 1 aromatic heterocycles. The summed E-state index contributed by atoms with van der Waals surface area (Å²) < 4.78 is 5.22. The first-order valence-electron chi connectivity index (χ1n) is 8.00. The lowest BCUT2D eigenvalue weighted by Gasteiger charge is -2.34. The number of hydrogen-bond donors (Lipinski definition) is 0. The molecule has 0 aliphatic carbocycles. The molecule has 0 saturated carbocycles. The highest BCUT2D eigenvalue weighted by molar-refractivity contribution is 5.99. The Morgan fingerprint density at radius 1 is 1.08 bits per heavy atom. The third-order valence-corrected chi connectivity index (χ3v) is 4.46. The molecule has 3 rings (SSSR count). The number of carbonyl (C=O) groups excluding carboxylic acids is 2. The van der Waals surface area contributed by atoms with Gasteiger partial charge in [0.2, 0.25) is 5.91 Å². The van der Waals surface area contributed by atoms with Crippen molar-refractivity contribution < 1.29 is 14.3 Å². The van der Waals surface area contributed by atoms with Crippen LogP contribution in [-0.2, 0) is 4.79 Å². The second-order valence-electron chi connectivity index (χ2n) is 5.98. The number of benzene rings is 1. The second-order valence-corrected chi connectivity index (χ2v) is 5.98. The molecule has 126 valence electrons. The van der Waals surface area contributed by atoms with Crippen LogP contribution in [0, 0.1) is 6.92 Å². The van der Waals surface area contributed by atoms with Crippen LogP contribution in [0.3, 0.4) is 0 Å². The van der Waals surface area contributed by atoms with Gasteiger partial charge in [-0.05, 0) is 25.1 Å². The fourth-order valence-electron chi connectivity index (χ4n) is 2.98. The van der Waals surface area contributed by atoms with Gasteiger partial charge in [-0.1, -0.05) is 0 Å². The van der Waals surface area contributed by atoms with E-state index in [0.717, 1.165) is 16.7 Å². The summed E-state index contributed by atoms with van der Waals surface area (Å²) in [5, 5.41) is 0.909. The van der Waals surface area contributed by atoms with Crippen LogP contribution >= 0.6 is 0 Å². The summed E-state index contributed by atoms with van der Waals surface area (Å²) in [6.45, 7) is 5.68. The van der Waals surface area contributed by atoms with E-state index in [9.17, 15) is 9.59 Å². The summed E-state index contributed by atoms with van der Waals surface area (Å²) in [6, 6.07) is 7.52. The van der Waals surface area contributed by atoms with E-state index < -0.39 is 0 Å². The summed E-state index contributed by atoms with van der Waals surface area (Å²) in [5.41, 5.74) is 2.13. The van der Waals surface area contributed by atoms with Gasteiger partial charge in [0.25, 0.3) is 5.91 Å². The molecule has 0 unspecified atom stereocenters. The number of methoxy groups -OCH3 is 1. The van der Waals surface area contributed by atoms with Crippen molar-refractivity contribution in [2.75, 3.05) is 33.3 Å². The molecule has 0 spiro atoms. The van der Waals surface area contributed by atoms with Crippen LogP contribution in [0.15, 0.2) is 24.3 Å². The molecular weight excluding hydrogens is 306 g/mol. The van der Waals surface area contributed by atoms with Crippen LogP contribution in [0.1, 0.15) is 23.0 Å². The Kier molecular flexibility index (Phi) is 4.38. The predicted molar refractivity (Wildman–Crippen MR) is 91.2 cm³/mol. The molecule has 0 atom stereocenters. The van der Waals surface area contributed by atoms with E-state index in [1.165, 1.54) is 0 Å². The normalized spacial score (nSPS) is 14.8. The summed E-state index contributed by atoms with van der Waals surface area (Å²) in [5.74, 6) is 0.773. The minimum absolute atomic E-state index is 0.0269. The Labute approximate surface area is 141 Å². The first-order chi connectivity index (χ1) is 11.5. The first kappa shape index (κ1) is 16.2. The number of piperazine rings is 1. The van der Waals surface area contributed by atoms with Gasteiger partial charge in [0.1, 0.15) is 5.75 Å². The average molecular weight is 327 g/mol. The van der Waals surface area contributed by atoms with E-state index >= 15 is 0 Å². The molecule has 2 heterocycles. The zero-order valence-corrected chi connectivity index (χ0v) is 14.2. The predicted octanol–water partition coefficient (Wildman–Crippen LogP) is 1.86. The van der Waals surface area contributed by atoms with Gasteiger partial charge in [0, 0.05) is 44.6 Å². The number of fused-ring (bicyclic) bond motifs is 1. The highest BCUT2D eigenvalue weighted by atomic mass is 16.5. The van der Waals surface area contributed by atoms with Crippen LogP contribution < -0.4 is 4.74 Å². The molecular formula is C18H21N3O3. The maximum absolute atomic E-state index is 12.8. The molecule has 2 amide bonds. The van der Waals surface area contributed by atoms with Crippen molar-refractivity contribution in [3.8, 4) is 5.75 Å². The quantitative estimate of drug-likeness (QED) is 0.844. The van der Waals surface area contributed by atoms with Crippen LogP contribution in [-0.4, -0.2) is 59.9 Å². The molecule has 1 aliphatic rings. The molecule has 6 heteroatoms. The number of aryl methyl sites for hydroxylation is 1. The number of nitrogens with zero attached hydrogens (tertiary/aromatic N) is 3. The largest absolute Gasteiger partial charge is 0.497 e. The van der Waals surface area contributed by atoms with E-state index in [1.54, 1.807) is 23.8 Å². The van der Waals surface area contributed by atoms with Gasteiger partial charge in [-0.3, -0.25) is 14.6 Å². The molecule has 1 aromatic carbocycles. The van der Waals surface area contributed by atoms with Crippen LogP contribution in [0.2, 0.25) is 0 Å². The van der Waals surface area contributed by atoms with Crippen LogP contribution in [0.4, 0.5) is 0 Å². The Bertz CT molecular complexity index is 795. The minimum atomic E-state index is -0.0269. The van der Waals surface area contributed by atoms with Crippen molar-refractivity contribution in [1.82, 2.24) is 14.8 Å². The van der Waals surface area contributed by atoms with Crippen molar-refractivity contribution in [2.45, 2.75) is 13.8 Å². The number of aromatic nitrogens is 1. The molecule has 0 N–H and O–H groups in total. The highest BCUT2D eigenvalue weighted by Gasteiger charge is 2.24. The maximum atomic E-state index is 12.8. The monoisotopic (exact) mass is 327 g/mol. The number of hydrogen-bond acceptors (Lipinski definition) is 4. The van der Waals surface area contributed by atoms with E-state index in [1.807, 2.05) is 31.2 Å². The minimum Gasteiger partial charge on any atom is -0.497 e. The molecule has 24 heavy (non-hydrogen) atoms. The van der Waals surface area contributed by atoms with Gasteiger partial charge < -0.3 is 14.5 Å². The van der Waals surface area contributed by atoms with Gasteiger partial charge in [0.05, 0.1) is 23.9 Å². The zero-order valence-electron chi connectivity index (χ0n) is 14.2. The van der Waals surface area contributed by atoms with Gasteiger partial charge in [-0.2, -0.15) is 0 Å². The summed E-state index contributed by atoms with van der Waals surface area (Å²) in [6.07, 6.45) is 0. The Morgan fingerprint density at radius 2 is 1.75 bits per heavy atom. The van der Waals surface area contributed by atoms with E-state index in [4.69, 9.17) is 4.74 Å². The van der Waals surface area contributed by atoms with Crippen LogP contribution in [0.25, 0.3) is 10.9 Å². The SMILES string of the molecule is COc1ccc2cc(C(=O)N3CCN(C(C)=O)CC3)c(C)nc2c1. The summed E-state index contributed by atoms with van der Waals surface area (Å²) >= 11 is 0. The number of pyridine rings is 1. The molecule has 1 fully saturated rings. The smallest absolute Gasteiger partial charge is 0.255 e. The average Bonchev–Trinajstić information content (AvgIpc) is 2.60. The van der Waals surface area contributed by atoms with Crippen molar-refractivity contribution in [1.29, 1.82) is 0 Å². The van der Waals surface area contributed by atoms with Gasteiger partial charge in [-0.15, -0.1) is 0 Å². The van der Waals surface area contributed by atoms with Gasteiger partial charge >= 0.3 is 0 Å². The van der Waals surface area contributed by atoms with Crippen LogP contribution in [0.5, 0.6) is 5.75 Å². The summed E-state index contributed by atoms with van der Waals surface area (Å²) in [4.78, 5) is 32.3. The fraction of sp³-hybridized carbons (Fsp3) is 0.389. The number of carbonyl (C=O) groups is 2. The maximum Gasteiger partial charge on any atom is 0.255 e. The zero-order chi connectivity index (χ0) is 17.3. The lowest BCUT2D eigenvalue weighted by Crippen LogP contribution is -2.50. The molecule has 1 aliphatic heterocycles. The lowest BCUT2D eigenvalue weighted by atomic mass is 10.1. The fourth-order valence-corrected chi connectivity index (χ4v) is 2.98. The Balaban J connectivity index is 1.85. The number of ether oxygens (including phenoxy) is 1. The van der Waals surface area contributed by atoms with E-state index in [2.05, 4.69) is 4.98 Å². The van der Waals surface area contributed by atoms with Crippen molar-refractivity contribution in [3.05, 3.63) is 35.5 Å². The highest BCUT2D eigenvalue weighted by Crippen LogP contribution is 2.22. The standard InChI is InChI=1S/C18H21N3O3/c1-12-16(10-14-4-5-15(24-3)11-17(14)19-12)18(23)21-8-6-20(7-9-21)13(2)22/h4-5,10-11H,6-9H2,1-3H3. The molecule has 1 saturated heterocycles. The van der Waals surface area contributed by atoms with Crippen molar-refractivity contribution >= 4 is 22.7 Å². The Morgan fingerprint density at radius 3 is 2.38 bits per heavy atom. The third-order valence-electron chi connectivity index (χ3n) is 4.46. The second kappa shape index (κ2) is 6.47. The van der Waals surface area contributed by atoms with Gasteiger partial charge in [0.15, 0.2) is 0 Å². The van der Waals surface area contributed by atoms with E-state index in [0.29, 0.717) is 37.4 Å².